The highest BCUT2D eigenvalue weighted by Crippen LogP contribution is 2.38. The van der Waals surface area contributed by atoms with Gasteiger partial charge in [-0.05, 0) is 70.3 Å². The van der Waals surface area contributed by atoms with Gasteiger partial charge in [-0.15, -0.1) is 0 Å². The molecule has 0 aromatic rings. The number of esters is 1. The summed E-state index contributed by atoms with van der Waals surface area (Å²) in [6, 6.07) is -0.912. The van der Waals surface area contributed by atoms with Gasteiger partial charge in [-0.2, -0.15) is 0 Å². The van der Waals surface area contributed by atoms with Crippen molar-refractivity contribution >= 4 is 19.7 Å². The van der Waals surface area contributed by atoms with Crippen molar-refractivity contribution in [3.63, 3.8) is 0 Å². The Bertz CT molecular complexity index is 1600. The van der Waals surface area contributed by atoms with Gasteiger partial charge in [0.15, 0.2) is 0 Å². The van der Waals surface area contributed by atoms with E-state index in [1.807, 2.05) is 33.3 Å². The number of ether oxygens (including phenoxy) is 1. The van der Waals surface area contributed by atoms with Crippen LogP contribution in [0.25, 0.3) is 0 Å². The summed E-state index contributed by atoms with van der Waals surface area (Å²) >= 11 is 0. The number of rotatable bonds is 61. The zero-order valence-electron chi connectivity index (χ0n) is 53.3. The molecule has 0 aromatic carbocycles. The van der Waals surface area contributed by atoms with Gasteiger partial charge in [-0.1, -0.05) is 299 Å². The first-order valence-corrected chi connectivity index (χ1v) is 35.2. The highest BCUT2D eigenvalue weighted by Gasteiger charge is 2.27. The van der Waals surface area contributed by atoms with Crippen LogP contribution in [0.3, 0.4) is 0 Å². The Morgan fingerprint density at radius 3 is 1.21 bits per heavy atom. The number of hydrogen-bond acceptors (Lipinski definition) is 7. The van der Waals surface area contributed by atoms with Crippen molar-refractivity contribution in [3.8, 4) is 0 Å². The zero-order valence-corrected chi connectivity index (χ0v) is 54.2. The van der Waals surface area contributed by atoms with Crippen molar-refractivity contribution in [3.05, 3.63) is 72.9 Å². The van der Waals surface area contributed by atoms with Crippen LogP contribution >= 0.6 is 7.82 Å². The van der Waals surface area contributed by atoms with Crippen molar-refractivity contribution in [1.82, 2.24) is 5.32 Å². The molecule has 3 atom stereocenters. The Balaban J connectivity index is 5.13. The van der Waals surface area contributed by atoms with Crippen LogP contribution in [0, 0.1) is 0 Å². The molecule has 0 aromatic heterocycles. The fraction of sp³-hybridized carbons (Fsp3) is 0.800. The SMILES string of the molecule is CC/C=C\C/C=C\C/C=C\C/C=C\C/C=C\CCCC(=O)OC(/C=C\CCCCCCCCCCCC)C(COP(=O)([O-])OCC[N+](C)(C)C)NC(=O)CCCCCCCCCCCCCCCCCCCCCCCCCCC. The minimum Gasteiger partial charge on any atom is -0.756 e. The minimum atomic E-state index is -4.71. The summed E-state index contributed by atoms with van der Waals surface area (Å²) in [4.78, 5) is 40.0. The lowest BCUT2D eigenvalue weighted by Gasteiger charge is -2.30. The predicted molar refractivity (Wildman–Crippen MR) is 344 cm³/mol. The molecule has 0 aliphatic rings. The van der Waals surface area contributed by atoms with E-state index in [-0.39, 0.29) is 18.9 Å². The number of carbonyl (C=O) groups excluding carboxylic acids is 2. The van der Waals surface area contributed by atoms with Gasteiger partial charge < -0.3 is 28.5 Å². The van der Waals surface area contributed by atoms with E-state index in [0.29, 0.717) is 23.9 Å². The van der Waals surface area contributed by atoms with Crippen molar-refractivity contribution in [2.45, 2.75) is 322 Å². The number of unbranched alkanes of at least 4 members (excludes halogenated alkanes) is 35. The molecule has 0 aliphatic carbocycles. The highest BCUT2D eigenvalue weighted by molar-refractivity contribution is 7.45. The Kier molecular flexibility index (Phi) is 57.7. The third-order valence-electron chi connectivity index (χ3n) is 14.9. The Morgan fingerprint density at radius 2 is 0.812 bits per heavy atom. The molecule has 0 heterocycles. The smallest absolute Gasteiger partial charge is 0.306 e. The third-order valence-corrected chi connectivity index (χ3v) is 15.9. The van der Waals surface area contributed by atoms with Crippen LogP contribution in [0.4, 0.5) is 0 Å². The molecule has 1 N–H and O–H groups in total. The number of quaternary nitrogens is 1. The summed E-state index contributed by atoms with van der Waals surface area (Å²) in [5.74, 6) is -0.600. The maximum absolute atomic E-state index is 13.6. The van der Waals surface area contributed by atoms with Gasteiger partial charge in [-0.3, -0.25) is 14.2 Å². The number of amides is 1. The first-order valence-electron chi connectivity index (χ1n) is 33.7. The van der Waals surface area contributed by atoms with E-state index in [0.717, 1.165) is 77.0 Å². The largest absolute Gasteiger partial charge is 0.756 e. The summed E-state index contributed by atoms with van der Waals surface area (Å²) in [5, 5.41) is 3.02. The molecular formula is C70H129N2O7P. The fourth-order valence-electron chi connectivity index (χ4n) is 9.74. The number of nitrogens with zero attached hydrogens (tertiary/aromatic N) is 1. The van der Waals surface area contributed by atoms with Gasteiger partial charge in [0.05, 0.1) is 33.8 Å². The average molecular weight is 1140 g/mol. The molecule has 1 amide bonds. The molecule has 80 heavy (non-hydrogen) atoms. The first kappa shape index (κ1) is 77.5. The van der Waals surface area contributed by atoms with E-state index in [4.69, 9.17) is 13.8 Å². The lowest BCUT2D eigenvalue weighted by Crippen LogP contribution is -2.47. The van der Waals surface area contributed by atoms with E-state index in [1.54, 1.807) is 0 Å². The van der Waals surface area contributed by atoms with E-state index in [1.165, 1.54) is 193 Å². The minimum absolute atomic E-state index is 0.0318. The van der Waals surface area contributed by atoms with Crippen molar-refractivity contribution in [1.29, 1.82) is 0 Å². The third kappa shape index (κ3) is 60.1. The van der Waals surface area contributed by atoms with Crippen LogP contribution in [0.1, 0.15) is 310 Å². The van der Waals surface area contributed by atoms with Gasteiger partial charge in [0.1, 0.15) is 19.3 Å². The molecule has 0 spiro atoms. The number of nitrogens with one attached hydrogen (secondary N) is 1. The molecule has 3 unspecified atom stereocenters. The number of phosphoric acid groups is 1. The zero-order chi connectivity index (χ0) is 58.6. The van der Waals surface area contributed by atoms with Gasteiger partial charge in [0.2, 0.25) is 5.91 Å². The normalized spacial score (nSPS) is 14.0. The van der Waals surface area contributed by atoms with Gasteiger partial charge >= 0.3 is 5.97 Å². The number of likely N-dealkylation sites (N-methyl/N-ethyl adjacent to an activating group) is 1. The molecule has 9 nitrogen and oxygen atoms in total. The fourth-order valence-corrected chi connectivity index (χ4v) is 10.5. The van der Waals surface area contributed by atoms with Crippen LogP contribution in [-0.4, -0.2) is 69.4 Å². The summed E-state index contributed by atoms with van der Waals surface area (Å²) in [7, 11) is 1.16. The molecule has 0 radical (unpaired) electrons. The second-order valence-corrected chi connectivity index (χ2v) is 25.4. The monoisotopic (exact) mass is 1140 g/mol. The van der Waals surface area contributed by atoms with Crippen molar-refractivity contribution < 1.29 is 37.3 Å². The molecule has 466 valence electrons. The summed E-state index contributed by atoms with van der Waals surface area (Å²) in [6.45, 7) is 6.72. The lowest BCUT2D eigenvalue weighted by atomic mass is 10.0. The molecule has 0 saturated heterocycles. The van der Waals surface area contributed by atoms with Crippen molar-refractivity contribution in [2.75, 3.05) is 40.9 Å². The van der Waals surface area contributed by atoms with Gasteiger partial charge in [0, 0.05) is 12.8 Å². The molecule has 0 bridgehead atoms. The Morgan fingerprint density at radius 1 is 0.450 bits per heavy atom. The van der Waals surface area contributed by atoms with E-state index in [2.05, 4.69) is 86.8 Å². The number of hydrogen-bond donors (Lipinski definition) is 1. The van der Waals surface area contributed by atoms with Crippen LogP contribution in [0.5, 0.6) is 0 Å². The van der Waals surface area contributed by atoms with Crippen LogP contribution in [0.2, 0.25) is 0 Å². The molecule has 0 rings (SSSR count). The molecule has 0 aliphatic heterocycles. The average Bonchev–Trinajstić information content (AvgIpc) is 3.42. The maximum Gasteiger partial charge on any atom is 0.306 e. The Hall–Kier alpha value is -2.55. The molecule has 10 heteroatoms. The lowest BCUT2D eigenvalue weighted by molar-refractivity contribution is -0.870. The van der Waals surface area contributed by atoms with E-state index in [9.17, 15) is 19.0 Å². The maximum atomic E-state index is 13.6. The molecular weight excluding hydrogens is 1010 g/mol. The summed E-state index contributed by atoms with van der Waals surface area (Å²) in [5.41, 5.74) is 0. The number of carbonyl (C=O) groups is 2. The summed E-state index contributed by atoms with van der Waals surface area (Å²) < 4.78 is 30.3. The summed E-state index contributed by atoms with van der Waals surface area (Å²) in [6.07, 6.45) is 77.5. The van der Waals surface area contributed by atoms with E-state index < -0.39 is 32.5 Å². The standard InChI is InChI=1S/C70H129N2O7P/c1-7-10-13-16-19-22-25-28-30-32-33-34-35-36-37-38-39-41-42-44-47-50-53-56-59-62-69(73)71-67(66-78-80(75,76)77-65-64-72(4,5)6)68(61-58-55-52-49-46-27-24-21-18-15-12-9-3)79-70(74)63-60-57-54-51-48-45-43-40-31-29-26-23-20-17-14-11-8-2/h11,14,20,23,29,31,43,45,51,54,58,61,67-68H,7-10,12-13,15-19,21-22,24-28,30,32-42,44,46-50,52-53,55-57,59-60,62-66H2,1-6H3,(H-,71,73,75,76)/b14-11-,23-20-,31-29-,45-43-,54-51-,61-58-. The van der Waals surface area contributed by atoms with Gasteiger partial charge in [-0.25, -0.2) is 0 Å². The van der Waals surface area contributed by atoms with Gasteiger partial charge in [0.25, 0.3) is 7.82 Å². The Labute approximate surface area is 495 Å². The molecule has 0 saturated carbocycles. The van der Waals surface area contributed by atoms with Crippen LogP contribution < -0.4 is 10.2 Å². The highest BCUT2D eigenvalue weighted by atomic mass is 31.2. The second kappa shape index (κ2) is 59.6. The number of phosphoric ester groups is 1. The first-order chi connectivity index (χ1) is 38.9. The second-order valence-electron chi connectivity index (χ2n) is 24.0. The number of allylic oxidation sites excluding steroid dienone is 11. The molecule has 0 fully saturated rings. The van der Waals surface area contributed by atoms with E-state index >= 15 is 0 Å². The van der Waals surface area contributed by atoms with Crippen LogP contribution in [0.15, 0.2) is 72.9 Å². The van der Waals surface area contributed by atoms with Crippen LogP contribution in [-0.2, 0) is 27.9 Å². The van der Waals surface area contributed by atoms with Crippen molar-refractivity contribution in [2.24, 2.45) is 0 Å². The quantitative estimate of drug-likeness (QED) is 0.0212. The predicted octanol–water partition coefficient (Wildman–Crippen LogP) is 20.5. The topological polar surface area (TPSA) is 114 Å².